The second-order valence-electron chi connectivity index (χ2n) is 9.72. The molecule has 2 aliphatic rings. The Hall–Kier alpha value is -2.05. The molecule has 1 aromatic heterocycles. The minimum absolute atomic E-state index is 0.225. The predicted octanol–water partition coefficient (Wildman–Crippen LogP) is 3.52. The van der Waals surface area contributed by atoms with Crippen LogP contribution in [-0.2, 0) is 6.42 Å². The number of aliphatic imine (C=N–C) groups is 1. The van der Waals surface area contributed by atoms with Crippen LogP contribution in [0.15, 0.2) is 29.3 Å². The van der Waals surface area contributed by atoms with Gasteiger partial charge in [-0.2, -0.15) is 0 Å². The summed E-state index contributed by atoms with van der Waals surface area (Å²) in [7, 11) is 2.25. The molecule has 176 valence electrons. The van der Waals surface area contributed by atoms with Gasteiger partial charge in [0.15, 0.2) is 5.96 Å². The molecule has 0 spiro atoms. The summed E-state index contributed by atoms with van der Waals surface area (Å²) in [6.07, 6.45) is 7.49. The Morgan fingerprint density at radius 2 is 1.81 bits per heavy atom. The molecule has 0 unspecified atom stereocenters. The van der Waals surface area contributed by atoms with Crippen LogP contribution in [-0.4, -0.2) is 79.1 Å². The van der Waals surface area contributed by atoms with Crippen LogP contribution in [0, 0.1) is 6.92 Å². The highest BCUT2D eigenvalue weighted by Gasteiger charge is 2.39. The summed E-state index contributed by atoms with van der Waals surface area (Å²) < 4.78 is 0. The molecule has 3 N–H and O–H groups in total. The number of benzene rings is 1. The molecular formula is C26H42N6. The molecule has 6 heteroatoms. The van der Waals surface area contributed by atoms with E-state index in [-0.39, 0.29) is 5.54 Å². The maximum absolute atomic E-state index is 5.14. The molecule has 2 aromatic rings. The number of hydrogen-bond acceptors (Lipinski definition) is 3. The van der Waals surface area contributed by atoms with Gasteiger partial charge in [-0.25, -0.2) is 0 Å². The molecule has 6 nitrogen and oxygen atoms in total. The minimum Gasteiger partial charge on any atom is -0.358 e. The number of para-hydroxylation sites is 1. The van der Waals surface area contributed by atoms with Crippen LogP contribution in [0.2, 0.25) is 0 Å². The van der Waals surface area contributed by atoms with Crippen LogP contribution in [0.25, 0.3) is 10.9 Å². The van der Waals surface area contributed by atoms with Gasteiger partial charge in [0.25, 0.3) is 0 Å². The molecule has 0 bridgehead atoms. The zero-order valence-corrected chi connectivity index (χ0v) is 20.3. The Balaban J connectivity index is 1.42. The number of hydrogen-bond donors (Lipinski definition) is 3. The van der Waals surface area contributed by atoms with Gasteiger partial charge in [0.2, 0.25) is 0 Å². The van der Waals surface area contributed by atoms with Crippen molar-refractivity contribution in [2.75, 3.05) is 52.9 Å². The first-order valence-corrected chi connectivity index (χ1v) is 12.6. The summed E-state index contributed by atoms with van der Waals surface area (Å²) in [4.78, 5) is 13.9. The lowest BCUT2D eigenvalue weighted by atomic mass is 9.84. The van der Waals surface area contributed by atoms with Gasteiger partial charge in [-0.05, 0) is 90.8 Å². The van der Waals surface area contributed by atoms with Crippen LogP contribution in [0.5, 0.6) is 0 Å². The smallest absolute Gasteiger partial charge is 0.191 e. The van der Waals surface area contributed by atoms with Gasteiger partial charge >= 0.3 is 0 Å². The Labute approximate surface area is 193 Å². The van der Waals surface area contributed by atoms with Crippen molar-refractivity contribution in [2.45, 2.75) is 57.9 Å². The van der Waals surface area contributed by atoms with E-state index in [1.807, 2.05) is 0 Å². The number of aromatic amines is 1. The summed E-state index contributed by atoms with van der Waals surface area (Å²) in [6.45, 7) is 11.8. The molecule has 0 atom stereocenters. The lowest BCUT2D eigenvalue weighted by molar-refractivity contribution is 0.0208. The van der Waals surface area contributed by atoms with Crippen LogP contribution in [0.1, 0.15) is 50.3 Å². The van der Waals surface area contributed by atoms with Crippen molar-refractivity contribution < 1.29 is 0 Å². The summed E-state index contributed by atoms with van der Waals surface area (Å²) >= 11 is 0. The molecule has 2 fully saturated rings. The van der Waals surface area contributed by atoms with E-state index in [2.05, 4.69) is 70.6 Å². The Bertz CT molecular complexity index is 887. The molecule has 2 aliphatic heterocycles. The minimum atomic E-state index is 0.225. The highest BCUT2D eigenvalue weighted by molar-refractivity contribution is 5.84. The second kappa shape index (κ2) is 10.7. The SMILES string of the molecule is CCNC(=NCC1(N2CCCCC2)CCN(C)CC1)NCCc1c(C)[nH]c2ccccc12. The third-order valence-electron chi connectivity index (χ3n) is 7.51. The van der Waals surface area contributed by atoms with Gasteiger partial charge in [0.1, 0.15) is 0 Å². The number of piperidine rings is 2. The number of aryl methyl sites for hydroxylation is 1. The first kappa shape index (κ1) is 23.1. The van der Waals surface area contributed by atoms with Crippen molar-refractivity contribution >= 4 is 16.9 Å². The first-order valence-electron chi connectivity index (χ1n) is 12.6. The lowest BCUT2D eigenvalue weighted by Gasteiger charge is -2.49. The third kappa shape index (κ3) is 5.29. The van der Waals surface area contributed by atoms with Gasteiger partial charge < -0.3 is 20.5 Å². The van der Waals surface area contributed by atoms with Gasteiger partial charge in [0, 0.05) is 35.2 Å². The van der Waals surface area contributed by atoms with Gasteiger partial charge in [0.05, 0.1) is 6.54 Å². The molecule has 4 rings (SSSR count). The largest absolute Gasteiger partial charge is 0.358 e. The van der Waals surface area contributed by atoms with E-state index >= 15 is 0 Å². The molecule has 1 aromatic carbocycles. The van der Waals surface area contributed by atoms with Crippen molar-refractivity contribution in [3.8, 4) is 0 Å². The molecule has 0 aliphatic carbocycles. The van der Waals surface area contributed by atoms with E-state index in [9.17, 15) is 0 Å². The zero-order valence-electron chi connectivity index (χ0n) is 20.3. The number of likely N-dealkylation sites (tertiary alicyclic amines) is 2. The van der Waals surface area contributed by atoms with Crippen molar-refractivity contribution in [1.82, 2.24) is 25.4 Å². The van der Waals surface area contributed by atoms with Gasteiger partial charge in [-0.15, -0.1) is 0 Å². The summed E-state index contributed by atoms with van der Waals surface area (Å²) in [5.74, 6) is 0.959. The fraction of sp³-hybridized carbons (Fsp3) is 0.654. The summed E-state index contributed by atoms with van der Waals surface area (Å²) in [5, 5.41) is 8.44. The molecule has 3 heterocycles. The number of nitrogens with one attached hydrogen (secondary N) is 3. The number of rotatable bonds is 7. The fourth-order valence-electron chi connectivity index (χ4n) is 5.51. The van der Waals surface area contributed by atoms with E-state index in [1.165, 1.54) is 80.4 Å². The van der Waals surface area contributed by atoms with Crippen LogP contribution in [0.3, 0.4) is 0 Å². The molecule has 0 amide bonds. The fourth-order valence-corrected chi connectivity index (χ4v) is 5.51. The van der Waals surface area contributed by atoms with Crippen molar-refractivity contribution in [1.29, 1.82) is 0 Å². The van der Waals surface area contributed by atoms with Gasteiger partial charge in [-0.3, -0.25) is 9.89 Å². The Kier molecular flexibility index (Phi) is 7.74. The van der Waals surface area contributed by atoms with Crippen molar-refractivity contribution in [3.63, 3.8) is 0 Å². The van der Waals surface area contributed by atoms with Crippen LogP contribution in [0.4, 0.5) is 0 Å². The zero-order chi connectivity index (χ0) is 22.4. The van der Waals surface area contributed by atoms with E-state index in [0.29, 0.717) is 0 Å². The van der Waals surface area contributed by atoms with Crippen molar-refractivity contribution in [3.05, 3.63) is 35.5 Å². The summed E-state index contributed by atoms with van der Waals surface area (Å²) in [6, 6.07) is 8.60. The average Bonchev–Trinajstić information content (AvgIpc) is 3.14. The van der Waals surface area contributed by atoms with Crippen molar-refractivity contribution in [2.24, 2.45) is 4.99 Å². The lowest BCUT2D eigenvalue weighted by Crippen LogP contribution is -2.58. The van der Waals surface area contributed by atoms with E-state index in [1.54, 1.807) is 0 Å². The number of aromatic nitrogens is 1. The number of nitrogens with zero attached hydrogens (tertiary/aromatic N) is 3. The number of fused-ring (bicyclic) bond motifs is 1. The quantitative estimate of drug-likeness (QED) is 0.457. The number of H-pyrrole nitrogens is 1. The van der Waals surface area contributed by atoms with Crippen LogP contribution >= 0.6 is 0 Å². The average molecular weight is 439 g/mol. The van der Waals surface area contributed by atoms with E-state index in [4.69, 9.17) is 4.99 Å². The Morgan fingerprint density at radius 3 is 2.56 bits per heavy atom. The highest BCUT2D eigenvalue weighted by atomic mass is 15.3. The van der Waals surface area contributed by atoms with E-state index in [0.717, 1.165) is 32.0 Å². The third-order valence-corrected chi connectivity index (χ3v) is 7.51. The summed E-state index contributed by atoms with van der Waals surface area (Å²) in [5.41, 5.74) is 4.13. The molecule has 0 radical (unpaired) electrons. The normalized spacial score (nSPS) is 20.5. The number of guanidine groups is 1. The molecule has 0 saturated carbocycles. The topological polar surface area (TPSA) is 58.7 Å². The van der Waals surface area contributed by atoms with Gasteiger partial charge in [-0.1, -0.05) is 24.6 Å². The molecular weight excluding hydrogens is 396 g/mol. The maximum Gasteiger partial charge on any atom is 0.191 e. The first-order chi connectivity index (χ1) is 15.6. The molecule has 32 heavy (non-hydrogen) atoms. The maximum atomic E-state index is 5.14. The predicted molar refractivity (Wildman–Crippen MR) is 136 cm³/mol. The second-order valence-corrected chi connectivity index (χ2v) is 9.72. The monoisotopic (exact) mass is 438 g/mol. The molecule has 2 saturated heterocycles. The van der Waals surface area contributed by atoms with E-state index < -0.39 is 0 Å². The van der Waals surface area contributed by atoms with Crippen LogP contribution < -0.4 is 10.6 Å². The standard InChI is InChI=1S/C26H42N6/c1-4-27-25(28-15-12-22-21(2)30-24-11-7-6-10-23(22)24)29-20-26(13-18-31(3)19-14-26)32-16-8-5-9-17-32/h6-7,10-11,30H,4-5,8-9,12-20H2,1-3H3,(H2,27,28,29). The highest BCUT2D eigenvalue weighted by Crippen LogP contribution is 2.31. The Morgan fingerprint density at radius 1 is 1.06 bits per heavy atom.